The summed E-state index contributed by atoms with van der Waals surface area (Å²) < 4.78 is 5.28. The Morgan fingerprint density at radius 3 is 2.41 bits per heavy atom. The number of aryl methyl sites for hydroxylation is 3. The molecule has 1 atom stereocenters. The molecule has 2 aromatic rings. The molecule has 0 bridgehead atoms. The number of nitrogens with zero attached hydrogens (tertiary/aromatic N) is 1. The molecule has 0 aliphatic carbocycles. The molecule has 3 rings (SSSR count). The van der Waals surface area contributed by atoms with Gasteiger partial charge in [-0.05, 0) is 60.7 Å². The minimum absolute atomic E-state index is 0.0138. The summed E-state index contributed by atoms with van der Waals surface area (Å²) in [5, 5.41) is 0. The molecule has 0 spiro atoms. The fourth-order valence-corrected chi connectivity index (χ4v) is 3.61. The highest BCUT2D eigenvalue weighted by Crippen LogP contribution is 2.33. The maximum Gasteiger partial charge on any atom is 0.308 e. The summed E-state index contributed by atoms with van der Waals surface area (Å²) in [6.45, 7) is 6.96. The van der Waals surface area contributed by atoms with E-state index in [1.165, 1.54) is 11.8 Å². The number of esters is 1. The van der Waals surface area contributed by atoms with Crippen LogP contribution in [-0.2, 0) is 14.3 Å². The largest absolute Gasteiger partial charge is 0.457 e. The van der Waals surface area contributed by atoms with Crippen LogP contribution >= 0.6 is 0 Å². The Kier molecular flexibility index (Phi) is 5.97. The molecule has 1 aliphatic heterocycles. The summed E-state index contributed by atoms with van der Waals surface area (Å²) >= 11 is 0. The third-order valence-electron chi connectivity index (χ3n) is 5.33. The van der Waals surface area contributed by atoms with Gasteiger partial charge < -0.3 is 9.64 Å². The SMILES string of the molecule is CC(=O)N1C=Cc2ccccc2[C@H]1CC(=O)OCC(=O)c1cc(C)c(C)cc1C. The van der Waals surface area contributed by atoms with Gasteiger partial charge >= 0.3 is 5.97 Å². The van der Waals surface area contributed by atoms with E-state index in [2.05, 4.69) is 0 Å². The Labute approximate surface area is 171 Å². The van der Waals surface area contributed by atoms with Crippen LogP contribution in [0.3, 0.4) is 0 Å². The van der Waals surface area contributed by atoms with Crippen molar-refractivity contribution < 1.29 is 19.1 Å². The second-order valence-electron chi connectivity index (χ2n) is 7.43. The van der Waals surface area contributed by atoms with Gasteiger partial charge in [0, 0.05) is 18.7 Å². The quantitative estimate of drug-likeness (QED) is 0.563. The molecular formula is C24H25NO4. The zero-order valence-electron chi connectivity index (χ0n) is 17.2. The summed E-state index contributed by atoms with van der Waals surface area (Å²) in [4.78, 5) is 38.6. The van der Waals surface area contributed by atoms with Crippen molar-refractivity contribution in [2.75, 3.05) is 6.61 Å². The minimum atomic E-state index is -0.513. The number of ketones is 1. The maximum absolute atomic E-state index is 12.5. The van der Waals surface area contributed by atoms with Gasteiger partial charge in [0.2, 0.25) is 11.7 Å². The molecule has 0 radical (unpaired) electrons. The molecule has 1 amide bonds. The monoisotopic (exact) mass is 391 g/mol. The van der Waals surface area contributed by atoms with Crippen molar-refractivity contribution in [2.24, 2.45) is 0 Å². The average molecular weight is 391 g/mol. The highest BCUT2D eigenvalue weighted by molar-refractivity contribution is 5.99. The van der Waals surface area contributed by atoms with Crippen LogP contribution in [0, 0.1) is 20.8 Å². The number of rotatable bonds is 5. The summed E-state index contributed by atoms with van der Waals surface area (Å²) in [6, 6.07) is 11.0. The predicted octanol–water partition coefficient (Wildman–Crippen LogP) is 4.30. The van der Waals surface area contributed by atoms with Crippen molar-refractivity contribution in [2.45, 2.75) is 40.2 Å². The zero-order chi connectivity index (χ0) is 21.1. The van der Waals surface area contributed by atoms with E-state index in [4.69, 9.17) is 4.74 Å². The molecule has 5 heteroatoms. The van der Waals surface area contributed by atoms with Gasteiger partial charge in [0.05, 0.1) is 12.5 Å². The first-order chi connectivity index (χ1) is 13.8. The second-order valence-corrected chi connectivity index (χ2v) is 7.43. The van der Waals surface area contributed by atoms with Crippen molar-refractivity contribution >= 4 is 23.7 Å². The summed E-state index contributed by atoms with van der Waals surface area (Å²) in [6.07, 6.45) is 3.52. The predicted molar refractivity (Wildman–Crippen MR) is 111 cm³/mol. The van der Waals surface area contributed by atoms with E-state index in [-0.39, 0.29) is 24.7 Å². The normalized spacial score (nSPS) is 15.0. The first kappa shape index (κ1) is 20.5. The number of carbonyl (C=O) groups excluding carboxylic acids is 3. The number of benzene rings is 2. The average Bonchev–Trinajstić information content (AvgIpc) is 2.69. The fraction of sp³-hybridized carbons (Fsp3) is 0.292. The summed E-state index contributed by atoms with van der Waals surface area (Å²) in [7, 11) is 0. The lowest BCUT2D eigenvalue weighted by atomic mass is 9.94. The van der Waals surface area contributed by atoms with Gasteiger partial charge in [0.25, 0.3) is 0 Å². The van der Waals surface area contributed by atoms with E-state index in [1.54, 1.807) is 6.20 Å². The van der Waals surface area contributed by atoms with Gasteiger partial charge in [-0.25, -0.2) is 0 Å². The van der Waals surface area contributed by atoms with Gasteiger partial charge in [0.1, 0.15) is 0 Å². The van der Waals surface area contributed by atoms with E-state index in [0.29, 0.717) is 5.56 Å². The second kappa shape index (κ2) is 8.43. The van der Waals surface area contributed by atoms with Crippen LogP contribution in [-0.4, -0.2) is 29.2 Å². The van der Waals surface area contributed by atoms with E-state index in [9.17, 15) is 14.4 Å². The lowest BCUT2D eigenvalue weighted by molar-refractivity contribution is -0.144. The minimum Gasteiger partial charge on any atom is -0.457 e. The Morgan fingerprint density at radius 1 is 1.00 bits per heavy atom. The van der Waals surface area contributed by atoms with Gasteiger partial charge in [0.15, 0.2) is 6.61 Å². The molecule has 0 N–H and O–H groups in total. The fourth-order valence-electron chi connectivity index (χ4n) is 3.61. The molecule has 29 heavy (non-hydrogen) atoms. The van der Waals surface area contributed by atoms with Crippen LogP contribution in [0.4, 0.5) is 0 Å². The van der Waals surface area contributed by atoms with Crippen LogP contribution in [0.5, 0.6) is 0 Å². The van der Waals surface area contributed by atoms with Crippen molar-refractivity contribution in [3.63, 3.8) is 0 Å². The van der Waals surface area contributed by atoms with E-state index in [1.807, 2.05) is 63.2 Å². The number of amides is 1. The number of hydrogen-bond donors (Lipinski definition) is 0. The third kappa shape index (κ3) is 4.45. The molecule has 150 valence electrons. The lowest BCUT2D eigenvalue weighted by Crippen LogP contribution is -2.32. The standard InChI is InChI=1S/C24H25NO4/c1-15-11-17(3)21(12-16(15)2)23(27)14-29-24(28)13-22-20-8-6-5-7-19(20)9-10-25(22)18(4)26/h5-12,22H,13-14H2,1-4H3/t22-/m1/s1. The Hall–Kier alpha value is -3.21. The highest BCUT2D eigenvalue weighted by Gasteiger charge is 2.29. The molecule has 0 aromatic heterocycles. The molecule has 1 aliphatic rings. The van der Waals surface area contributed by atoms with Crippen molar-refractivity contribution in [3.05, 3.63) is 76.0 Å². The van der Waals surface area contributed by atoms with Crippen LogP contribution in [0.25, 0.3) is 6.08 Å². The van der Waals surface area contributed by atoms with Crippen LogP contribution in [0.1, 0.15) is 57.6 Å². The van der Waals surface area contributed by atoms with Gasteiger partial charge in [-0.1, -0.05) is 30.3 Å². The molecule has 0 fully saturated rings. The van der Waals surface area contributed by atoms with Crippen molar-refractivity contribution in [3.8, 4) is 0 Å². The van der Waals surface area contributed by atoms with Crippen LogP contribution in [0.2, 0.25) is 0 Å². The number of carbonyl (C=O) groups is 3. The number of fused-ring (bicyclic) bond motifs is 1. The third-order valence-corrected chi connectivity index (χ3v) is 5.33. The van der Waals surface area contributed by atoms with E-state index in [0.717, 1.165) is 27.8 Å². The molecular weight excluding hydrogens is 366 g/mol. The maximum atomic E-state index is 12.5. The Bertz CT molecular complexity index is 1010. The molecule has 0 saturated carbocycles. The zero-order valence-corrected chi connectivity index (χ0v) is 17.2. The molecule has 0 unspecified atom stereocenters. The molecule has 0 saturated heterocycles. The molecule has 1 heterocycles. The topological polar surface area (TPSA) is 63.7 Å². The van der Waals surface area contributed by atoms with Crippen molar-refractivity contribution in [1.29, 1.82) is 0 Å². The van der Waals surface area contributed by atoms with Crippen LogP contribution in [0.15, 0.2) is 42.6 Å². The van der Waals surface area contributed by atoms with E-state index >= 15 is 0 Å². The van der Waals surface area contributed by atoms with Gasteiger partial charge in [-0.15, -0.1) is 0 Å². The highest BCUT2D eigenvalue weighted by atomic mass is 16.5. The van der Waals surface area contributed by atoms with E-state index < -0.39 is 12.0 Å². The number of Topliss-reactive ketones (excluding diaryl/α,β-unsaturated/α-hetero) is 1. The first-order valence-corrected chi connectivity index (χ1v) is 9.60. The van der Waals surface area contributed by atoms with Gasteiger partial charge in [-0.3, -0.25) is 14.4 Å². The molecule has 5 nitrogen and oxygen atoms in total. The number of ether oxygens (including phenoxy) is 1. The number of hydrogen-bond acceptors (Lipinski definition) is 4. The van der Waals surface area contributed by atoms with Crippen LogP contribution < -0.4 is 0 Å². The first-order valence-electron chi connectivity index (χ1n) is 9.60. The smallest absolute Gasteiger partial charge is 0.308 e. The Balaban J connectivity index is 1.70. The summed E-state index contributed by atoms with van der Waals surface area (Å²) in [5.74, 6) is -0.900. The van der Waals surface area contributed by atoms with Gasteiger partial charge in [-0.2, -0.15) is 0 Å². The Morgan fingerprint density at radius 2 is 1.69 bits per heavy atom. The summed E-state index contributed by atoms with van der Waals surface area (Å²) in [5.41, 5.74) is 5.42. The lowest BCUT2D eigenvalue weighted by Gasteiger charge is -2.32. The molecule has 2 aromatic carbocycles. The van der Waals surface area contributed by atoms with Crippen molar-refractivity contribution in [1.82, 2.24) is 4.90 Å².